The summed E-state index contributed by atoms with van der Waals surface area (Å²) < 4.78 is 37.0. The monoisotopic (exact) mass is 290 g/mol. The maximum atomic E-state index is 12.3. The van der Waals surface area contributed by atoms with Crippen LogP contribution in [0.1, 0.15) is 42.7 Å². The van der Waals surface area contributed by atoms with Crippen LogP contribution in [0.3, 0.4) is 0 Å². The van der Waals surface area contributed by atoms with Crippen molar-refractivity contribution in [3.8, 4) is 0 Å². The second-order valence-corrected chi connectivity index (χ2v) is 4.54. The first-order valence-electron chi connectivity index (χ1n) is 6.25. The van der Waals surface area contributed by atoms with Crippen molar-refractivity contribution in [1.29, 1.82) is 0 Å². The number of hydrogen-bond acceptors (Lipinski definition) is 3. The summed E-state index contributed by atoms with van der Waals surface area (Å²) in [6.07, 6.45) is -2.72. The van der Waals surface area contributed by atoms with E-state index in [-0.39, 0.29) is 12.1 Å². The van der Waals surface area contributed by atoms with Crippen LogP contribution in [-0.4, -0.2) is 28.1 Å². The largest absolute Gasteiger partial charge is 0.433 e. The number of amides is 1. The van der Waals surface area contributed by atoms with E-state index in [0.29, 0.717) is 12.8 Å². The Hall–Kier alpha value is -1.63. The molecule has 0 atom stereocenters. The first-order valence-corrected chi connectivity index (χ1v) is 6.25. The first-order chi connectivity index (χ1) is 9.22. The van der Waals surface area contributed by atoms with E-state index >= 15 is 0 Å². The fourth-order valence-electron chi connectivity index (χ4n) is 1.54. The molecule has 112 valence electrons. The Morgan fingerprint density at radius 1 is 1.30 bits per heavy atom. The van der Waals surface area contributed by atoms with E-state index in [1.807, 2.05) is 0 Å². The fourth-order valence-corrected chi connectivity index (χ4v) is 1.54. The van der Waals surface area contributed by atoms with Crippen molar-refractivity contribution in [2.24, 2.45) is 0 Å². The van der Waals surface area contributed by atoms with Crippen molar-refractivity contribution in [3.63, 3.8) is 0 Å². The zero-order chi connectivity index (χ0) is 15.4. The summed E-state index contributed by atoms with van der Waals surface area (Å²) in [5.41, 5.74) is -2.03. The van der Waals surface area contributed by atoms with E-state index < -0.39 is 23.4 Å². The molecule has 0 bridgehead atoms. The number of nitrogens with zero attached hydrogens (tertiary/aromatic N) is 1. The van der Waals surface area contributed by atoms with Gasteiger partial charge in [0, 0.05) is 12.7 Å². The zero-order valence-corrected chi connectivity index (χ0v) is 11.3. The number of alkyl halides is 3. The molecule has 0 spiro atoms. The Labute approximate surface area is 115 Å². The van der Waals surface area contributed by atoms with Gasteiger partial charge in [0.15, 0.2) is 0 Å². The minimum Gasteiger partial charge on any atom is -0.388 e. The Balaban J connectivity index is 2.70. The predicted molar refractivity (Wildman–Crippen MR) is 67.1 cm³/mol. The standard InChI is InChI=1S/C13H17F3N2O2/c1-3-12(20,4-2)8-18-11(19)9-5-6-10(17-7-9)13(14,15)16/h5-7,20H,3-4,8H2,1-2H3,(H,18,19). The van der Waals surface area contributed by atoms with Gasteiger partial charge in [-0.05, 0) is 25.0 Å². The zero-order valence-electron chi connectivity index (χ0n) is 11.3. The van der Waals surface area contributed by atoms with Gasteiger partial charge in [0.1, 0.15) is 5.69 Å². The van der Waals surface area contributed by atoms with E-state index in [1.165, 1.54) is 0 Å². The molecule has 1 amide bonds. The summed E-state index contributed by atoms with van der Waals surface area (Å²) in [7, 11) is 0. The molecule has 7 heteroatoms. The molecular weight excluding hydrogens is 273 g/mol. The van der Waals surface area contributed by atoms with Crippen molar-refractivity contribution in [2.45, 2.75) is 38.5 Å². The van der Waals surface area contributed by atoms with Crippen molar-refractivity contribution in [1.82, 2.24) is 10.3 Å². The lowest BCUT2D eigenvalue weighted by Gasteiger charge is -2.25. The quantitative estimate of drug-likeness (QED) is 0.875. The van der Waals surface area contributed by atoms with Crippen LogP contribution < -0.4 is 5.32 Å². The summed E-state index contributed by atoms with van der Waals surface area (Å²) in [4.78, 5) is 14.9. The lowest BCUT2D eigenvalue weighted by atomic mass is 9.97. The minimum atomic E-state index is -4.53. The molecule has 1 rings (SSSR count). The number of aliphatic hydroxyl groups is 1. The highest BCUT2D eigenvalue weighted by atomic mass is 19.4. The molecule has 0 radical (unpaired) electrons. The van der Waals surface area contributed by atoms with E-state index in [4.69, 9.17) is 0 Å². The fraction of sp³-hybridized carbons (Fsp3) is 0.538. The molecule has 0 aliphatic carbocycles. The molecule has 0 fully saturated rings. The molecule has 20 heavy (non-hydrogen) atoms. The third kappa shape index (κ3) is 4.19. The second kappa shape index (κ2) is 6.21. The third-order valence-corrected chi connectivity index (χ3v) is 3.21. The maximum Gasteiger partial charge on any atom is 0.433 e. The van der Waals surface area contributed by atoms with Gasteiger partial charge in [-0.15, -0.1) is 0 Å². The lowest BCUT2D eigenvalue weighted by molar-refractivity contribution is -0.141. The van der Waals surface area contributed by atoms with E-state index in [2.05, 4.69) is 10.3 Å². The molecule has 0 aromatic carbocycles. The van der Waals surface area contributed by atoms with Gasteiger partial charge in [-0.3, -0.25) is 9.78 Å². The van der Waals surface area contributed by atoms with Gasteiger partial charge < -0.3 is 10.4 Å². The number of pyridine rings is 1. The average Bonchev–Trinajstić information content (AvgIpc) is 2.43. The predicted octanol–water partition coefficient (Wildman–Crippen LogP) is 2.38. The molecule has 1 aromatic heterocycles. The molecule has 1 aromatic rings. The number of hydrogen-bond donors (Lipinski definition) is 2. The molecule has 0 saturated heterocycles. The molecule has 0 aliphatic heterocycles. The summed E-state index contributed by atoms with van der Waals surface area (Å²) in [5, 5.41) is 12.5. The molecule has 2 N–H and O–H groups in total. The molecule has 0 unspecified atom stereocenters. The average molecular weight is 290 g/mol. The van der Waals surface area contributed by atoms with Crippen LogP contribution in [0.25, 0.3) is 0 Å². The molecule has 0 aliphatic rings. The van der Waals surface area contributed by atoms with E-state index in [1.54, 1.807) is 13.8 Å². The van der Waals surface area contributed by atoms with Crippen LogP contribution in [0.15, 0.2) is 18.3 Å². The van der Waals surface area contributed by atoms with E-state index in [0.717, 1.165) is 18.3 Å². The van der Waals surface area contributed by atoms with Gasteiger partial charge in [0.25, 0.3) is 5.91 Å². The van der Waals surface area contributed by atoms with E-state index in [9.17, 15) is 23.1 Å². The van der Waals surface area contributed by atoms with Crippen molar-refractivity contribution < 1.29 is 23.1 Å². The molecule has 0 saturated carbocycles. The number of nitrogens with one attached hydrogen (secondary N) is 1. The van der Waals surface area contributed by atoms with Crippen LogP contribution in [0, 0.1) is 0 Å². The van der Waals surface area contributed by atoms with Crippen molar-refractivity contribution in [3.05, 3.63) is 29.6 Å². The second-order valence-electron chi connectivity index (χ2n) is 4.54. The summed E-state index contributed by atoms with van der Waals surface area (Å²) in [6.45, 7) is 3.62. The molecule has 4 nitrogen and oxygen atoms in total. The van der Waals surface area contributed by atoms with Gasteiger partial charge in [0.05, 0.1) is 11.2 Å². The van der Waals surface area contributed by atoms with Crippen molar-refractivity contribution >= 4 is 5.91 Å². The smallest absolute Gasteiger partial charge is 0.388 e. The number of aromatic nitrogens is 1. The first kappa shape index (κ1) is 16.4. The maximum absolute atomic E-state index is 12.3. The highest BCUT2D eigenvalue weighted by molar-refractivity contribution is 5.93. The van der Waals surface area contributed by atoms with Crippen LogP contribution >= 0.6 is 0 Å². The van der Waals surface area contributed by atoms with Crippen molar-refractivity contribution in [2.75, 3.05) is 6.54 Å². The highest BCUT2D eigenvalue weighted by Gasteiger charge is 2.32. The van der Waals surface area contributed by atoms with Crippen LogP contribution in [0.2, 0.25) is 0 Å². The highest BCUT2D eigenvalue weighted by Crippen LogP contribution is 2.27. The Morgan fingerprint density at radius 2 is 1.90 bits per heavy atom. The Kier molecular flexibility index (Phi) is 5.10. The summed E-state index contributed by atoms with van der Waals surface area (Å²) in [6, 6.07) is 1.81. The van der Waals surface area contributed by atoms with Gasteiger partial charge in [-0.2, -0.15) is 13.2 Å². The normalized spacial score (nSPS) is 12.3. The summed E-state index contributed by atoms with van der Waals surface area (Å²) >= 11 is 0. The summed E-state index contributed by atoms with van der Waals surface area (Å²) in [5.74, 6) is -0.563. The number of carbonyl (C=O) groups excluding carboxylic acids is 1. The van der Waals surface area contributed by atoms with Crippen LogP contribution in [-0.2, 0) is 6.18 Å². The van der Waals surface area contributed by atoms with Crippen LogP contribution in [0.4, 0.5) is 13.2 Å². The van der Waals surface area contributed by atoms with Gasteiger partial charge in [-0.1, -0.05) is 13.8 Å². The third-order valence-electron chi connectivity index (χ3n) is 3.21. The number of carbonyl (C=O) groups is 1. The lowest BCUT2D eigenvalue weighted by Crippen LogP contribution is -2.42. The Bertz CT molecular complexity index is 454. The van der Waals surface area contributed by atoms with Gasteiger partial charge in [-0.25, -0.2) is 0 Å². The topological polar surface area (TPSA) is 62.2 Å². The SMILES string of the molecule is CCC(O)(CC)CNC(=O)c1ccc(C(F)(F)F)nc1. The van der Waals surface area contributed by atoms with Gasteiger partial charge >= 0.3 is 6.18 Å². The number of rotatable bonds is 5. The minimum absolute atomic E-state index is 0.0209. The van der Waals surface area contributed by atoms with Crippen LogP contribution in [0.5, 0.6) is 0 Å². The molecule has 1 heterocycles. The number of halogens is 3. The molecular formula is C13H17F3N2O2. The Morgan fingerprint density at radius 3 is 2.30 bits per heavy atom. The van der Waals surface area contributed by atoms with Gasteiger partial charge in [0.2, 0.25) is 0 Å².